The van der Waals surface area contributed by atoms with Gasteiger partial charge in [0.2, 0.25) is 0 Å². The Hall–Kier alpha value is -3.38. The SMILES string of the molecule is CCCCCCn1c(Sc2ccc(C#N)c([N+](=O)[O-])c2)nnc1-c1ccc(OC)cc1. The second-order valence-corrected chi connectivity index (χ2v) is 7.94. The van der Waals surface area contributed by atoms with E-state index in [0.717, 1.165) is 49.4 Å². The van der Waals surface area contributed by atoms with Crippen molar-refractivity contribution in [1.29, 1.82) is 5.26 Å². The molecule has 9 heteroatoms. The second-order valence-electron chi connectivity index (χ2n) is 6.90. The van der Waals surface area contributed by atoms with Gasteiger partial charge in [0.1, 0.15) is 17.4 Å². The molecule has 0 atom stereocenters. The van der Waals surface area contributed by atoms with Gasteiger partial charge in [0.15, 0.2) is 11.0 Å². The number of nitro groups is 1. The lowest BCUT2D eigenvalue weighted by molar-refractivity contribution is -0.385. The second kappa shape index (κ2) is 10.6. The maximum atomic E-state index is 11.3. The van der Waals surface area contributed by atoms with Gasteiger partial charge in [0, 0.05) is 23.1 Å². The Bertz CT molecular complexity index is 1090. The molecule has 0 bridgehead atoms. The van der Waals surface area contributed by atoms with Gasteiger partial charge in [-0.25, -0.2) is 0 Å². The van der Waals surface area contributed by atoms with E-state index in [0.29, 0.717) is 10.1 Å². The normalized spacial score (nSPS) is 10.6. The zero-order valence-corrected chi connectivity index (χ0v) is 18.3. The quantitative estimate of drug-likeness (QED) is 0.235. The van der Waals surface area contributed by atoms with Crippen LogP contribution >= 0.6 is 11.8 Å². The molecule has 1 aromatic heterocycles. The molecule has 1 heterocycles. The molecule has 0 spiro atoms. The minimum atomic E-state index is -0.541. The molecule has 0 unspecified atom stereocenters. The lowest BCUT2D eigenvalue weighted by Gasteiger charge is -2.11. The number of methoxy groups -OCH3 is 1. The molecule has 3 rings (SSSR count). The van der Waals surface area contributed by atoms with Crippen molar-refractivity contribution in [2.24, 2.45) is 0 Å². The molecular weight excluding hydrogens is 414 g/mol. The van der Waals surface area contributed by atoms with Crippen LogP contribution in [0.2, 0.25) is 0 Å². The van der Waals surface area contributed by atoms with Crippen molar-refractivity contribution in [2.75, 3.05) is 7.11 Å². The molecule has 0 fully saturated rings. The summed E-state index contributed by atoms with van der Waals surface area (Å²) < 4.78 is 7.28. The fourth-order valence-electron chi connectivity index (χ4n) is 3.14. The zero-order chi connectivity index (χ0) is 22.2. The minimum Gasteiger partial charge on any atom is -0.497 e. The van der Waals surface area contributed by atoms with E-state index in [1.807, 2.05) is 34.9 Å². The van der Waals surface area contributed by atoms with Crippen LogP contribution in [0.3, 0.4) is 0 Å². The van der Waals surface area contributed by atoms with Crippen LogP contribution in [0, 0.1) is 21.4 Å². The highest BCUT2D eigenvalue weighted by Crippen LogP contribution is 2.33. The molecule has 0 saturated heterocycles. The van der Waals surface area contributed by atoms with Crippen LogP contribution < -0.4 is 4.74 Å². The number of nitro benzene ring substituents is 1. The fourth-order valence-corrected chi connectivity index (χ4v) is 4.03. The minimum absolute atomic E-state index is 0.0364. The molecule has 160 valence electrons. The number of nitriles is 1. The van der Waals surface area contributed by atoms with Crippen molar-refractivity contribution in [3.8, 4) is 23.2 Å². The van der Waals surface area contributed by atoms with Crippen molar-refractivity contribution in [3.63, 3.8) is 0 Å². The highest BCUT2D eigenvalue weighted by atomic mass is 32.2. The maximum absolute atomic E-state index is 11.3. The van der Waals surface area contributed by atoms with Gasteiger partial charge in [-0.3, -0.25) is 10.1 Å². The number of hydrogen-bond acceptors (Lipinski definition) is 7. The molecule has 0 aliphatic rings. The van der Waals surface area contributed by atoms with Crippen molar-refractivity contribution < 1.29 is 9.66 Å². The summed E-state index contributed by atoms with van der Waals surface area (Å²) in [6.45, 7) is 2.91. The van der Waals surface area contributed by atoms with Crippen molar-refractivity contribution in [3.05, 3.63) is 58.1 Å². The first-order chi connectivity index (χ1) is 15.1. The number of benzene rings is 2. The Balaban J connectivity index is 1.93. The number of hydrogen-bond donors (Lipinski definition) is 0. The fraction of sp³-hybridized carbons (Fsp3) is 0.318. The Labute approximate surface area is 185 Å². The van der Waals surface area contributed by atoms with Crippen LogP contribution in [0.4, 0.5) is 5.69 Å². The van der Waals surface area contributed by atoms with E-state index < -0.39 is 4.92 Å². The smallest absolute Gasteiger partial charge is 0.288 e. The molecule has 0 radical (unpaired) electrons. The molecule has 2 aromatic carbocycles. The van der Waals surface area contributed by atoms with Gasteiger partial charge in [0.25, 0.3) is 5.69 Å². The van der Waals surface area contributed by atoms with Gasteiger partial charge in [-0.15, -0.1) is 10.2 Å². The molecule has 3 aromatic rings. The number of ether oxygens (including phenoxy) is 1. The highest BCUT2D eigenvalue weighted by Gasteiger charge is 2.18. The number of unbranched alkanes of at least 4 members (excludes halogenated alkanes) is 3. The average Bonchev–Trinajstić information content (AvgIpc) is 3.18. The Morgan fingerprint density at radius 1 is 1.16 bits per heavy atom. The van der Waals surface area contributed by atoms with Gasteiger partial charge in [-0.05, 0) is 54.6 Å². The van der Waals surface area contributed by atoms with Crippen LogP contribution in [-0.2, 0) is 6.54 Å². The molecule has 0 N–H and O–H groups in total. The average molecular weight is 438 g/mol. The molecule has 0 saturated carbocycles. The number of rotatable bonds is 10. The topological polar surface area (TPSA) is 107 Å². The van der Waals surface area contributed by atoms with Gasteiger partial charge in [-0.1, -0.05) is 26.2 Å². The summed E-state index contributed by atoms with van der Waals surface area (Å²) in [5.41, 5.74) is 0.743. The van der Waals surface area contributed by atoms with E-state index in [9.17, 15) is 10.1 Å². The molecule has 0 aliphatic carbocycles. The number of nitrogens with zero attached hydrogens (tertiary/aromatic N) is 5. The first-order valence-corrected chi connectivity index (χ1v) is 10.8. The van der Waals surface area contributed by atoms with E-state index in [1.54, 1.807) is 13.2 Å². The largest absolute Gasteiger partial charge is 0.497 e. The standard InChI is InChI=1S/C22H23N5O3S/c1-3-4-5-6-13-26-21(16-7-10-18(30-2)11-8-16)24-25-22(26)31-19-12-9-17(15-23)20(14-19)27(28)29/h7-12,14H,3-6,13H2,1-2H3. The monoisotopic (exact) mass is 437 g/mol. The predicted octanol–water partition coefficient (Wildman–Crippen LogP) is 5.47. The van der Waals surface area contributed by atoms with Crippen LogP contribution in [-0.4, -0.2) is 26.8 Å². The third-order valence-electron chi connectivity index (χ3n) is 4.80. The third-order valence-corrected chi connectivity index (χ3v) is 5.77. The third kappa shape index (κ3) is 5.41. The lowest BCUT2D eigenvalue weighted by atomic mass is 10.2. The van der Waals surface area contributed by atoms with Crippen LogP contribution in [0.5, 0.6) is 5.75 Å². The van der Waals surface area contributed by atoms with Crippen molar-refractivity contribution in [2.45, 2.75) is 49.2 Å². The van der Waals surface area contributed by atoms with Gasteiger partial charge < -0.3 is 9.30 Å². The zero-order valence-electron chi connectivity index (χ0n) is 17.4. The summed E-state index contributed by atoms with van der Waals surface area (Å²) in [6.07, 6.45) is 4.38. The van der Waals surface area contributed by atoms with Gasteiger partial charge in [0.05, 0.1) is 12.0 Å². The Morgan fingerprint density at radius 2 is 1.94 bits per heavy atom. The summed E-state index contributed by atoms with van der Waals surface area (Å²) in [4.78, 5) is 11.4. The maximum Gasteiger partial charge on any atom is 0.288 e. The van der Waals surface area contributed by atoms with E-state index in [-0.39, 0.29) is 11.3 Å². The molecule has 0 aliphatic heterocycles. The summed E-state index contributed by atoms with van der Waals surface area (Å²) in [5.74, 6) is 1.50. The highest BCUT2D eigenvalue weighted by molar-refractivity contribution is 7.99. The first-order valence-electron chi connectivity index (χ1n) is 10.0. The van der Waals surface area contributed by atoms with Gasteiger partial charge in [-0.2, -0.15) is 5.26 Å². The van der Waals surface area contributed by atoms with Crippen molar-refractivity contribution >= 4 is 17.4 Å². The Kier molecular flexibility index (Phi) is 7.62. The summed E-state index contributed by atoms with van der Waals surface area (Å²) in [5, 5.41) is 29.8. The van der Waals surface area contributed by atoms with Crippen LogP contribution in [0.25, 0.3) is 11.4 Å². The van der Waals surface area contributed by atoms with E-state index in [2.05, 4.69) is 17.1 Å². The first kappa shape index (κ1) is 22.3. The van der Waals surface area contributed by atoms with Crippen LogP contribution in [0.1, 0.15) is 38.2 Å². The molecular formula is C22H23N5O3S. The molecule has 31 heavy (non-hydrogen) atoms. The molecule has 8 nitrogen and oxygen atoms in total. The van der Waals surface area contributed by atoms with Gasteiger partial charge >= 0.3 is 0 Å². The van der Waals surface area contributed by atoms with E-state index in [1.165, 1.54) is 23.9 Å². The summed E-state index contributed by atoms with van der Waals surface area (Å²) in [7, 11) is 1.62. The van der Waals surface area contributed by atoms with Crippen molar-refractivity contribution in [1.82, 2.24) is 14.8 Å². The Morgan fingerprint density at radius 3 is 2.58 bits per heavy atom. The van der Waals surface area contributed by atoms with E-state index in [4.69, 9.17) is 10.00 Å². The molecule has 0 amide bonds. The summed E-state index contributed by atoms with van der Waals surface area (Å²) in [6, 6.07) is 14.1. The van der Waals surface area contributed by atoms with E-state index >= 15 is 0 Å². The lowest BCUT2D eigenvalue weighted by Crippen LogP contribution is -2.03. The van der Waals surface area contributed by atoms with Crippen LogP contribution in [0.15, 0.2) is 52.5 Å². The number of aromatic nitrogens is 3. The predicted molar refractivity (Wildman–Crippen MR) is 118 cm³/mol. The summed E-state index contributed by atoms with van der Waals surface area (Å²) >= 11 is 1.30.